The number of fused-ring (bicyclic) bond motifs is 1. The molecule has 0 aliphatic heterocycles. The number of hydrogen-bond donors (Lipinski definition) is 0. The molecule has 0 bridgehead atoms. The van der Waals surface area contributed by atoms with Gasteiger partial charge in [-0.15, -0.1) is 0 Å². The van der Waals surface area contributed by atoms with Gasteiger partial charge in [-0.25, -0.2) is 0 Å². The van der Waals surface area contributed by atoms with Crippen LogP contribution in [0.15, 0.2) is 45.0 Å². The third kappa shape index (κ3) is 2.50. The molecule has 0 unspecified atom stereocenters. The lowest BCUT2D eigenvalue weighted by Gasteiger charge is -2.05. The summed E-state index contributed by atoms with van der Waals surface area (Å²) in [6.07, 6.45) is 3.60. The van der Waals surface area contributed by atoms with Crippen molar-refractivity contribution in [2.75, 3.05) is 0 Å². The van der Waals surface area contributed by atoms with E-state index in [-0.39, 0.29) is 0 Å². The van der Waals surface area contributed by atoms with Gasteiger partial charge in [-0.2, -0.15) is 5.10 Å². The molecule has 0 saturated heterocycles. The lowest BCUT2D eigenvalue weighted by molar-refractivity contribution is 0.692. The molecular formula is C13H11BrN4S. The highest BCUT2D eigenvalue weighted by molar-refractivity contribution is 9.10. The van der Waals surface area contributed by atoms with Gasteiger partial charge >= 0.3 is 0 Å². The second kappa shape index (κ2) is 4.94. The smallest absolute Gasteiger partial charge is 0.103 e. The number of aryl methyl sites for hydroxylation is 2. The van der Waals surface area contributed by atoms with E-state index in [0.717, 1.165) is 31.1 Å². The van der Waals surface area contributed by atoms with Gasteiger partial charge in [0.15, 0.2) is 0 Å². The molecule has 3 heterocycles. The van der Waals surface area contributed by atoms with Crippen LogP contribution in [0, 0.1) is 6.92 Å². The Labute approximate surface area is 123 Å². The minimum atomic E-state index is 0.887. The summed E-state index contributed by atoms with van der Waals surface area (Å²) in [6, 6.07) is 6.02. The molecule has 0 atom stereocenters. The van der Waals surface area contributed by atoms with Gasteiger partial charge < -0.3 is 0 Å². The van der Waals surface area contributed by atoms with E-state index in [1.807, 2.05) is 37.0 Å². The average Bonchev–Trinajstić information content (AvgIpc) is 2.68. The summed E-state index contributed by atoms with van der Waals surface area (Å²) >= 11 is 5.07. The zero-order valence-corrected chi connectivity index (χ0v) is 12.9. The molecule has 19 heavy (non-hydrogen) atoms. The average molecular weight is 335 g/mol. The first kappa shape index (κ1) is 12.6. The molecule has 0 radical (unpaired) electrons. The van der Waals surface area contributed by atoms with E-state index in [1.165, 1.54) is 0 Å². The summed E-state index contributed by atoms with van der Waals surface area (Å²) in [4.78, 5) is 9.88. The lowest BCUT2D eigenvalue weighted by atomic mass is 10.3. The van der Waals surface area contributed by atoms with E-state index in [2.05, 4.69) is 37.1 Å². The Morgan fingerprint density at radius 2 is 2.11 bits per heavy atom. The fourth-order valence-corrected chi connectivity index (χ4v) is 3.19. The van der Waals surface area contributed by atoms with E-state index < -0.39 is 0 Å². The number of rotatable bonds is 2. The van der Waals surface area contributed by atoms with E-state index in [1.54, 1.807) is 18.0 Å². The zero-order valence-electron chi connectivity index (χ0n) is 10.5. The van der Waals surface area contributed by atoms with E-state index >= 15 is 0 Å². The molecule has 0 aliphatic carbocycles. The van der Waals surface area contributed by atoms with Gasteiger partial charge in [0.1, 0.15) is 5.52 Å². The Hall–Kier alpha value is -1.40. The second-order valence-electron chi connectivity index (χ2n) is 4.18. The molecular weight excluding hydrogens is 324 g/mol. The van der Waals surface area contributed by atoms with E-state index in [0.29, 0.717) is 0 Å². The molecule has 0 aliphatic rings. The Kier molecular flexibility index (Phi) is 3.28. The minimum Gasteiger partial charge on any atom is -0.262 e. The van der Waals surface area contributed by atoms with Crippen molar-refractivity contribution < 1.29 is 0 Å². The van der Waals surface area contributed by atoms with Gasteiger partial charge in [0.25, 0.3) is 0 Å². The second-order valence-corrected chi connectivity index (χ2v) is 6.16. The van der Waals surface area contributed by atoms with Crippen LogP contribution in [-0.4, -0.2) is 19.7 Å². The molecule has 0 saturated carbocycles. The first-order valence-corrected chi connectivity index (χ1v) is 7.33. The van der Waals surface area contributed by atoms with Gasteiger partial charge in [0.2, 0.25) is 0 Å². The highest BCUT2D eigenvalue weighted by Gasteiger charge is 2.09. The van der Waals surface area contributed by atoms with Crippen LogP contribution in [0.4, 0.5) is 0 Å². The van der Waals surface area contributed by atoms with Crippen LogP contribution in [0.3, 0.4) is 0 Å². The molecule has 6 heteroatoms. The maximum atomic E-state index is 4.45. The molecule has 0 aromatic carbocycles. The van der Waals surface area contributed by atoms with Crippen molar-refractivity contribution in [3.8, 4) is 0 Å². The van der Waals surface area contributed by atoms with Gasteiger partial charge in [0, 0.05) is 28.8 Å². The molecule has 3 aromatic heterocycles. The minimum absolute atomic E-state index is 0.887. The molecule has 0 spiro atoms. The van der Waals surface area contributed by atoms with Crippen molar-refractivity contribution in [1.29, 1.82) is 0 Å². The number of pyridine rings is 2. The molecule has 0 amide bonds. The largest absolute Gasteiger partial charge is 0.262 e. The van der Waals surface area contributed by atoms with Gasteiger partial charge in [-0.1, -0.05) is 11.8 Å². The first-order chi connectivity index (χ1) is 9.13. The summed E-state index contributed by atoms with van der Waals surface area (Å²) in [6.45, 7) is 1.99. The number of aromatic nitrogens is 4. The normalized spacial score (nSPS) is 11.1. The molecule has 4 nitrogen and oxygen atoms in total. The number of halogens is 1. The Morgan fingerprint density at radius 1 is 1.26 bits per heavy atom. The summed E-state index contributed by atoms with van der Waals surface area (Å²) in [7, 11) is 1.95. The van der Waals surface area contributed by atoms with Crippen LogP contribution in [0.25, 0.3) is 11.0 Å². The van der Waals surface area contributed by atoms with Gasteiger partial charge in [-0.05, 0) is 41.1 Å². The van der Waals surface area contributed by atoms with Crippen LogP contribution >= 0.6 is 27.7 Å². The molecule has 3 rings (SSSR count). The Bertz CT molecular complexity index is 753. The quantitative estimate of drug-likeness (QED) is 0.718. The fraction of sp³-hybridized carbons (Fsp3) is 0.154. The third-order valence-electron chi connectivity index (χ3n) is 2.68. The van der Waals surface area contributed by atoms with Crippen molar-refractivity contribution in [1.82, 2.24) is 19.7 Å². The lowest BCUT2D eigenvalue weighted by Crippen LogP contribution is -1.93. The number of nitrogens with zero attached hydrogens (tertiary/aromatic N) is 4. The van der Waals surface area contributed by atoms with Crippen LogP contribution in [0.1, 0.15) is 5.69 Å². The third-order valence-corrected chi connectivity index (χ3v) is 4.25. The van der Waals surface area contributed by atoms with Gasteiger partial charge in [-0.3, -0.25) is 14.6 Å². The maximum absolute atomic E-state index is 4.45. The Balaban J connectivity index is 2.08. The summed E-state index contributed by atoms with van der Waals surface area (Å²) in [5, 5.41) is 5.45. The van der Waals surface area contributed by atoms with E-state index in [4.69, 9.17) is 0 Å². The van der Waals surface area contributed by atoms with Crippen LogP contribution < -0.4 is 0 Å². The Morgan fingerprint density at radius 3 is 2.84 bits per heavy atom. The fourth-order valence-electron chi connectivity index (χ4n) is 1.86. The summed E-state index contributed by atoms with van der Waals surface area (Å²) in [5.74, 6) is 0. The highest BCUT2D eigenvalue weighted by atomic mass is 79.9. The highest BCUT2D eigenvalue weighted by Crippen LogP contribution is 2.32. The standard InChI is InChI=1S/C13H11BrN4S/c1-8-5-12(18(2)17-8)19-11-3-4-15-10-6-9(14)7-16-13(10)11/h3-7H,1-2H3. The van der Waals surface area contributed by atoms with E-state index in [9.17, 15) is 0 Å². The molecule has 0 fully saturated rings. The summed E-state index contributed by atoms with van der Waals surface area (Å²) in [5.41, 5.74) is 2.81. The van der Waals surface area contributed by atoms with Crippen LogP contribution in [-0.2, 0) is 7.05 Å². The van der Waals surface area contributed by atoms with Crippen molar-refractivity contribution in [2.45, 2.75) is 16.8 Å². The monoisotopic (exact) mass is 334 g/mol. The van der Waals surface area contributed by atoms with Crippen LogP contribution in [0.5, 0.6) is 0 Å². The summed E-state index contributed by atoms with van der Waals surface area (Å²) < 4.78 is 2.82. The van der Waals surface area contributed by atoms with Crippen molar-refractivity contribution >= 4 is 38.7 Å². The molecule has 0 N–H and O–H groups in total. The van der Waals surface area contributed by atoms with Gasteiger partial charge in [0.05, 0.1) is 16.2 Å². The first-order valence-electron chi connectivity index (χ1n) is 5.72. The maximum Gasteiger partial charge on any atom is 0.103 e. The zero-order chi connectivity index (χ0) is 13.4. The predicted molar refractivity (Wildman–Crippen MR) is 79.3 cm³/mol. The molecule has 96 valence electrons. The van der Waals surface area contributed by atoms with Crippen molar-refractivity contribution in [3.05, 3.63) is 40.8 Å². The SMILES string of the molecule is Cc1cc(Sc2ccnc3cc(Br)cnc23)n(C)n1. The van der Waals surface area contributed by atoms with Crippen molar-refractivity contribution in [3.63, 3.8) is 0 Å². The van der Waals surface area contributed by atoms with Crippen molar-refractivity contribution in [2.24, 2.45) is 7.05 Å². The predicted octanol–water partition coefficient (Wildman–Crippen LogP) is 3.59. The molecule has 3 aromatic rings. The topological polar surface area (TPSA) is 43.6 Å². The van der Waals surface area contributed by atoms with Crippen LogP contribution in [0.2, 0.25) is 0 Å². The number of hydrogen-bond acceptors (Lipinski definition) is 4.